The molecule has 1 aromatic carbocycles. The SMILES string of the molecule is NC(=O)OC(=O)CCc1c(-c2ccc(F)cc2)[nH]c2nccnc12. The molecule has 0 saturated heterocycles. The first kappa shape index (κ1) is 15.6. The Kier molecular flexibility index (Phi) is 4.19. The van der Waals surface area contributed by atoms with Crippen LogP contribution in [0.4, 0.5) is 9.18 Å². The quantitative estimate of drug-likeness (QED) is 0.564. The maximum absolute atomic E-state index is 13.1. The lowest BCUT2D eigenvalue weighted by molar-refractivity contribution is -0.136. The van der Waals surface area contributed by atoms with Gasteiger partial charge in [-0.1, -0.05) is 0 Å². The maximum atomic E-state index is 13.1. The summed E-state index contributed by atoms with van der Waals surface area (Å²) in [5.74, 6) is -1.08. The van der Waals surface area contributed by atoms with Gasteiger partial charge in [-0.3, -0.25) is 9.78 Å². The number of aromatic amines is 1. The zero-order valence-corrected chi connectivity index (χ0v) is 12.5. The fourth-order valence-electron chi connectivity index (χ4n) is 2.46. The zero-order chi connectivity index (χ0) is 17.1. The van der Waals surface area contributed by atoms with Gasteiger partial charge in [0.1, 0.15) is 11.3 Å². The summed E-state index contributed by atoms with van der Waals surface area (Å²) in [6, 6.07) is 5.91. The van der Waals surface area contributed by atoms with Crippen molar-refractivity contribution in [3.63, 3.8) is 0 Å². The molecule has 8 heteroatoms. The number of H-pyrrole nitrogens is 1. The first-order valence-electron chi connectivity index (χ1n) is 7.12. The van der Waals surface area contributed by atoms with E-state index in [2.05, 4.69) is 19.7 Å². The highest BCUT2D eigenvalue weighted by molar-refractivity contribution is 5.87. The van der Waals surface area contributed by atoms with Gasteiger partial charge in [-0.05, 0) is 36.2 Å². The molecule has 7 nitrogen and oxygen atoms in total. The lowest BCUT2D eigenvalue weighted by Gasteiger charge is -2.04. The Morgan fingerprint density at radius 2 is 1.88 bits per heavy atom. The molecule has 2 heterocycles. The molecule has 1 amide bonds. The number of halogens is 1. The van der Waals surface area contributed by atoms with E-state index in [-0.39, 0.29) is 18.7 Å². The average Bonchev–Trinajstić information content (AvgIpc) is 2.91. The van der Waals surface area contributed by atoms with Crippen LogP contribution in [0.15, 0.2) is 36.7 Å². The van der Waals surface area contributed by atoms with Gasteiger partial charge in [-0.2, -0.15) is 0 Å². The number of nitrogens with two attached hydrogens (primary N) is 1. The van der Waals surface area contributed by atoms with Crippen LogP contribution < -0.4 is 5.73 Å². The zero-order valence-electron chi connectivity index (χ0n) is 12.5. The number of nitrogens with one attached hydrogen (secondary N) is 1. The number of rotatable bonds is 4. The van der Waals surface area contributed by atoms with Gasteiger partial charge >= 0.3 is 12.1 Å². The van der Waals surface area contributed by atoms with Crippen molar-refractivity contribution in [2.24, 2.45) is 5.73 Å². The predicted octanol–water partition coefficient (Wildman–Crippen LogP) is 2.32. The standard InChI is InChI=1S/C16H13FN4O3/c17-10-3-1-9(2-4-10)13-11(5-6-12(22)24-16(18)23)14-15(21-13)20-8-7-19-14/h1-4,7-8H,5-6H2,(H2,18,23)(H,20,21). The monoisotopic (exact) mass is 328 g/mol. The van der Waals surface area contributed by atoms with Crippen LogP contribution in [0.25, 0.3) is 22.4 Å². The van der Waals surface area contributed by atoms with Crippen molar-refractivity contribution in [1.29, 1.82) is 0 Å². The number of ether oxygens (including phenoxy) is 1. The van der Waals surface area contributed by atoms with Crippen LogP contribution in [-0.4, -0.2) is 27.0 Å². The maximum Gasteiger partial charge on any atom is 0.412 e. The Bertz CT molecular complexity index is 905. The van der Waals surface area contributed by atoms with Crippen LogP contribution in [0.1, 0.15) is 12.0 Å². The summed E-state index contributed by atoms with van der Waals surface area (Å²) in [7, 11) is 0. The third-order valence-corrected chi connectivity index (χ3v) is 3.46. The summed E-state index contributed by atoms with van der Waals surface area (Å²) < 4.78 is 17.5. The number of primary amides is 1. The second-order valence-electron chi connectivity index (χ2n) is 5.03. The van der Waals surface area contributed by atoms with Crippen LogP contribution in [0.2, 0.25) is 0 Å². The molecule has 3 aromatic rings. The van der Waals surface area contributed by atoms with Crippen molar-refractivity contribution in [3.05, 3.63) is 48.0 Å². The van der Waals surface area contributed by atoms with Crippen LogP contribution in [0.3, 0.4) is 0 Å². The fraction of sp³-hybridized carbons (Fsp3) is 0.125. The van der Waals surface area contributed by atoms with E-state index < -0.39 is 12.1 Å². The number of amides is 1. The van der Waals surface area contributed by atoms with Gasteiger partial charge < -0.3 is 15.5 Å². The largest absolute Gasteiger partial charge is 0.412 e. The summed E-state index contributed by atoms with van der Waals surface area (Å²) in [6.07, 6.45) is 2.14. The number of hydrogen-bond acceptors (Lipinski definition) is 5. The smallest absolute Gasteiger partial charge is 0.376 e. The number of aryl methyl sites for hydroxylation is 1. The van der Waals surface area contributed by atoms with Crippen molar-refractivity contribution in [1.82, 2.24) is 15.0 Å². The summed E-state index contributed by atoms with van der Waals surface area (Å²) in [5, 5.41) is 0. The number of carbonyl (C=O) groups is 2. The van der Waals surface area contributed by atoms with Gasteiger partial charge in [0.25, 0.3) is 0 Å². The summed E-state index contributed by atoms with van der Waals surface area (Å²) >= 11 is 0. The van der Waals surface area contributed by atoms with E-state index in [4.69, 9.17) is 5.73 Å². The molecule has 24 heavy (non-hydrogen) atoms. The van der Waals surface area contributed by atoms with Crippen LogP contribution in [0, 0.1) is 5.82 Å². The minimum absolute atomic E-state index is 0.0549. The van der Waals surface area contributed by atoms with Crippen LogP contribution in [-0.2, 0) is 16.0 Å². The molecule has 3 rings (SSSR count). The highest BCUT2D eigenvalue weighted by Crippen LogP contribution is 2.29. The highest BCUT2D eigenvalue weighted by atomic mass is 19.1. The molecule has 122 valence electrons. The fourth-order valence-corrected chi connectivity index (χ4v) is 2.46. The van der Waals surface area contributed by atoms with E-state index in [0.29, 0.717) is 16.9 Å². The van der Waals surface area contributed by atoms with Gasteiger partial charge in [0.2, 0.25) is 0 Å². The van der Waals surface area contributed by atoms with Gasteiger partial charge in [-0.15, -0.1) is 0 Å². The van der Waals surface area contributed by atoms with E-state index >= 15 is 0 Å². The van der Waals surface area contributed by atoms with E-state index in [1.54, 1.807) is 18.3 Å². The molecule has 0 aliphatic rings. The third-order valence-electron chi connectivity index (χ3n) is 3.46. The van der Waals surface area contributed by atoms with Crippen LogP contribution in [0.5, 0.6) is 0 Å². The molecule has 3 N–H and O–H groups in total. The predicted molar refractivity (Wildman–Crippen MR) is 83.3 cm³/mol. The van der Waals surface area contributed by atoms with Crippen molar-refractivity contribution in [2.75, 3.05) is 0 Å². The molecule has 0 fully saturated rings. The molecular weight excluding hydrogens is 315 g/mol. The van der Waals surface area contributed by atoms with E-state index in [1.807, 2.05) is 0 Å². The number of aromatic nitrogens is 3. The minimum Gasteiger partial charge on any atom is -0.376 e. The first-order valence-corrected chi connectivity index (χ1v) is 7.12. The van der Waals surface area contributed by atoms with Crippen LogP contribution >= 0.6 is 0 Å². The molecule has 0 aliphatic carbocycles. The number of hydrogen-bond donors (Lipinski definition) is 2. The number of nitrogens with zero attached hydrogens (tertiary/aromatic N) is 2. The van der Waals surface area contributed by atoms with Gasteiger partial charge in [-0.25, -0.2) is 14.2 Å². The lowest BCUT2D eigenvalue weighted by Crippen LogP contribution is -2.18. The molecule has 0 atom stereocenters. The Morgan fingerprint density at radius 3 is 2.58 bits per heavy atom. The number of carbonyl (C=O) groups excluding carboxylic acids is 2. The number of benzene rings is 1. The molecule has 0 bridgehead atoms. The summed E-state index contributed by atoms with van der Waals surface area (Å²) in [6.45, 7) is 0. The molecule has 0 radical (unpaired) electrons. The topological polar surface area (TPSA) is 111 Å². The lowest BCUT2D eigenvalue weighted by atomic mass is 10.0. The second kappa shape index (κ2) is 6.45. The molecule has 0 aliphatic heterocycles. The average molecular weight is 328 g/mol. The Labute approximate surface area is 135 Å². The summed E-state index contributed by atoms with van der Waals surface area (Å²) in [4.78, 5) is 33.8. The molecule has 0 unspecified atom stereocenters. The van der Waals surface area contributed by atoms with Crippen molar-refractivity contribution in [2.45, 2.75) is 12.8 Å². The minimum atomic E-state index is -1.14. The normalized spacial score (nSPS) is 10.7. The van der Waals surface area contributed by atoms with E-state index in [9.17, 15) is 14.0 Å². The van der Waals surface area contributed by atoms with E-state index in [1.165, 1.54) is 18.3 Å². The third kappa shape index (κ3) is 3.22. The highest BCUT2D eigenvalue weighted by Gasteiger charge is 2.17. The van der Waals surface area contributed by atoms with Gasteiger partial charge in [0, 0.05) is 18.0 Å². The number of esters is 1. The van der Waals surface area contributed by atoms with Gasteiger partial charge in [0.05, 0.1) is 12.1 Å². The van der Waals surface area contributed by atoms with Crippen molar-refractivity contribution >= 4 is 23.2 Å². The Hall–Kier alpha value is -3.29. The van der Waals surface area contributed by atoms with Crippen molar-refractivity contribution < 1.29 is 18.7 Å². The second-order valence-corrected chi connectivity index (χ2v) is 5.03. The molecule has 0 saturated carbocycles. The molecular formula is C16H13FN4O3. The van der Waals surface area contributed by atoms with Crippen molar-refractivity contribution in [3.8, 4) is 11.3 Å². The van der Waals surface area contributed by atoms with Gasteiger partial charge in [0.15, 0.2) is 5.65 Å². The Balaban J connectivity index is 1.97. The first-order chi connectivity index (χ1) is 11.5. The summed E-state index contributed by atoms with van der Waals surface area (Å²) in [5.41, 5.74) is 8.12. The number of fused-ring (bicyclic) bond motifs is 1. The molecule has 0 spiro atoms. The van der Waals surface area contributed by atoms with E-state index in [0.717, 1.165) is 11.1 Å². The Morgan fingerprint density at radius 1 is 1.17 bits per heavy atom. The molecule has 2 aromatic heterocycles.